The predicted molar refractivity (Wildman–Crippen MR) is 74.0 cm³/mol. The number of ether oxygens (including phenoxy) is 1. The molecule has 0 bridgehead atoms. The van der Waals surface area contributed by atoms with Crippen molar-refractivity contribution in [1.82, 2.24) is 14.8 Å². The van der Waals surface area contributed by atoms with Gasteiger partial charge in [0, 0.05) is 29.4 Å². The molecule has 0 spiro atoms. The molecule has 96 valence electrons. The molecule has 0 aliphatic carbocycles. The second kappa shape index (κ2) is 4.61. The SMILES string of the molecule is COc1ccc2cc(Cn3cccn3)c(N)nc2c1. The number of pyridine rings is 1. The van der Waals surface area contributed by atoms with Crippen molar-refractivity contribution in [2.24, 2.45) is 0 Å². The number of methoxy groups -OCH3 is 1. The number of aromatic nitrogens is 3. The summed E-state index contributed by atoms with van der Waals surface area (Å²) in [5, 5.41) is 5.21. The van der Waals surface area contributed by atoms with E-state index in [0.717, 1.165) is 22.2 Å². The number of nitrogen functional groups attached to an aromatic ring is 1. The van der Waals surface area contributed by atoms with Crippen LogP contribution in [-0.4, -0.2) is 21.9 Å². The fourth-order valence-electron chi connectivity index (χ4n) is 2.03. The highest BCUT2D eigenvalue weighted by Crippen LogP contribution is 2.23. The van der Waals surface area contributed by atoms with Crippen LogP contribution in [0.25, 0.3) is 10.9 Å². The van der Waals surface area contributed by atoms with E-state index in [9.17, 15) is 0 Å². The quantitative estimate of drug-likeness (QED) is 0.777. The molecular weight excluding hydrogens is 240 g/mol. The molecule has 0 aliphatic heterocycles. The molecule has 0 amide bonds. The average molecular weight is 254 g/mol. The molecule has 0 saturated heterocycles. The number of fused-ring (bicyclic) bond motifs is 1. The van der Waals surface area contributed by atoms with Crippen LogP contribution in [0, 0.1) is 0 Å². The third-order valence-corrected chi connectivity index (χ3v) is 3.03. The highest BCUT2D eigenvalue weighted by Gasteiger charge is 2.06. The lowest BCUT2D eigenvalue weighted by Crippen LogP contribution is -2.05. The highest BCUT2D eigenvalue weighted by atomic mass is 16.5. The fraction of sp³-hybridized carbons (Fsp3) is 0.143. The van der Waals surface area contributed by atoms with Gasteiger partial charge in [0.05, 0.1) is 19.2 Å². The molecule has 0 aliphatic rings. The van der Waals surface area contributed by atoms with Crippen molar-refractivity contribution in [2.45, 2.75) is 6.54 Å². The molecule has 19 heavy (non-hydrogen) atoms. The first-order valence-corrected chi connectivity index (χ1v) is 5.97. The van der Waals surface area contributed by atoms with E-state index in [4.69, 9.17) is 10.5 Å². The molecule has 0 unspecified atom stereocenters. The van der Waals surface area contributed by atoms with Crippen molar-refractivity contribution in [2.75, 3.05) is 12.8 Å². The zero-order valence-electron chi connectivity index (χ0n) is 10.6. The second-order valence-corrected chi connectivity index (χ2v) is 4.30. The van der Waals surface area contributed by atoms with Crippen molar-refractivity contribution in [3.63, 3.8) is 0 Å². The molecule has 2 N–H and O–H groups in total. The third-order valence-electron chi connectivity index (χ3n) is 3.03. The van der Waals surface area contributed by atoms with Gasteiger partial charge in [0.2, 0.25) is 0 Å². The summed E-state index contributed by atoms with van der Waals surface area (Å²) in [4.78, 5) is 4.42. The minimum Gasteiger partial charge on any atom is -0.497 e. The molecule has 2 heterocycles. The lowest BCUT2D eigenvalue weighted by molar-refractivity contribution is 0.415. The van der Waals surface area contributed by atoms with Gasteiger partial charge < -0.3 is 10.5 Å². The largest absolute Gasteiger partial charge is 0.497 e. The monoisotopic (exact) mass is 254 g/mol. The van der Waals surface area contributed by atoms with Gasteiger partial charge in [-0.25, -0.2) is 4.98 Å². The first-order chi connectivity index (χ1) is 9.26. The van der Waals surface area contributed by atoms with Crippen LogP contribution in [0.5, 0.6) is 5.75 Å². The highest BCUT2D eigenvalue weighted by molar-refractivity contribution is 5.82. The molecule has 0 saturated carbocycles. The van der Waals surface area contributed by atoms with Crippen molar-refractivity contribution in [3.05, 3.63) is 48.3 Å². The van der Waals surface area contributed by atoms with Crippen LogP contribution in [0.1, 0.15) is 5.56 Å². The van der Waals surface area contributed by atoms with Crippen LogP contribution >= 0.6 is 0 Å². The van der Waals surface area contributed by atoms with Crippen LogP contribution in [0.4, 0.5) is 5.82 Å². The lowest BCUT2D eigenvalue weighted by Gasteiger charge is -2.08. The number of rotatable bonds is 3. The Bertz CT molecular complexity index is 707. The number of benzene rings is 1. The molecule has 3 aromatic rings. The van der Waals surface area contributed by atoms with E-state index < -0.39 is 0 Å². The van der Waals surface area contributed by atoms with Gasteiger partial charge in [0.25, 0.3) is 0 Å². The Kier molecular flexibility index (Phi) is 2.79. The van der Waals surface area contributed by atoms with Crippen molar-refractivity contribution in [3.8, 4) is 5.75 Å². The van der Waals surface area contributed by atoms with Crippen molar-refractivity contribution in [1.29, 1.82) is 0 Å². The molecular formula is C14H14N4O. The van der Waals surface area contributed by atoms with Gasteiger partial charge in [0.15, 0.2) is 0 Å². The van der Waals surface area contributed by atoms with Crippen molar-refractivity contribution >= 4 is 16.7 Å². The maximum absolute atomic E-state index is 6.00. The Morgan fingerprint density at radius 3 is 2.95 bits per heavy atom. The summed E-state index contributed by atoms with van der Waals surface area (Å²) < 4.78 is 7.00. The van der Waals surface area contributed by atoms with E-state index in [1.54, 1.807) is 13.3 Å². The van der Waals surface area contributed by atoms with Gasteiger partial charge in [-0.15, -0.1) is 0 Å². The van der Waals surface area contributed by atoms with Crippen molar-refractivity contribution < 1.29 is 4.74 Å². The predicted octanol–water partition coefficient (Wildman–Crippen LogP) is 2.07. The fourth-order valence-corrected chi connectivity index (χ4v) is 2.03. The summed E-state index contributed by atoms with van der Waals surface area (Å²) in [6.07, 6.45) is 3.65. The molecule has 1 aromatic carbocycles. The standard InChI is InChI=1S/C14H14N4O/c1-19-12-4-3-10-7-11(9-18-6-2-5-16-18)14(15)17-13(10)8-12/h2-8H,9H2,1H3,(H2,15,17). The van der Waals surface area contributed by atoms with Gasteiger partial charge in [0.1, 0.15) is 11.6 Å². The normalized spacial score (nSPS) is 10.8. The van der Waals surface area contributed by atoms with E-state index in [1.807, 2.05) is 41.2 Å². The zero-order valence-corrected chi connectivity index (χ0v) is 10.6. The summed E-state index contributed by atoms with van der Waals surface area (Å²) in [6.45, 7) is 0.619. The van der Waals surface area contributed by atoms with E-state index in [0.29, 0.717) is 12.4 Å². The molecule has 5 nitrogen and oxygen atoms in total. The summed E-state index contributed by atoms with van der Waals surface area (Å²) in [6, 6.07) is 9.70. The Balaban J connectivity index is 2.04. The minimum atomic E-state index is 0.524. The molecule has 2 aromatic heterocycles. The molecule has 0 fully saturated rings. The van der Waals surface area contributed by atoms with Gasteiger partial charge in [-0.2, -0.15) is 5.10 Å². The number of hydrogen-bond donors (Lipinski definition) is 1. The topological polar surface area (TPSA) is 66.0 Å². The molecule has 0 radical (unpaired) electrons. The van der Waals surface area contributed by atoms with Crippen LogP contribution < -0.4 is 10.5 Å². The summed E-state index contributed by atoms with van der Waals surface area (Å²) in [7, 11) is 1.64. The number of hydrogen-bond acceptors (Lipinski definition) is 4. The van der Waals surface area contributed by atoms with Crippen LogP contribution in [-0.2, 0) is 6.54 Å². The Hall–Kier alpha value is -2.56. The third kappa shape index (κ3) is 2.22. The second-order valence-electron chi connectivity index (χ2n) is 4.30. The van der Waals surface area contributed by atoms with Crippen LogP contribution in [0.15, 0.2) is 42.7 Å². The molecule has 0 atom stereocenters. The number of anilines is 1. The first-order valence-electron chi connectivity index (χ1n) is 5.97. The Labute approximate surface area is 110 Å². The maximum atomic E-state index is 6.00. The van der Waals surface area contributed by atoms with E-state index in [-0.39, 0.29) is 0 Å². The lowest BCUT2D eigenvalue weighted by atomic mass is 10.1. The minimum absolute atomic E-state index is 0.524. The Morgan fingerprint density at radius 1 is 1.32 bits per heavy atom. The van der Waals surface area contributed by atoms with Gasteiger partial charge in [-0.3, -0.25) is 4.68 Å². The summed E-state index contributed by atoms with van der Waals surface area (Å²) in [5.74, 6) is 1.30. The van der Waals surface area contributed by atoms with Gasteiger partial charge >= 0.3 is 0 Å². The number of nitrogens with zero attached hydrogens (tertiary/aromatic N) is 3. The molecule has 3 rings (SSSR count). The summed E-state index contributed by atoms with van der Waals surface area (Å²) >= 11 is 0. The van der Waals surface area contributed by atoms with E-state index in [2.05, 4.69) is 10.1 Å². The molecule has 5 heteroatoms. The van der Waals surface area contributed by atoms with E-state index >= 15 is 0 Å². The zero-order chi connectivity index (χ0) is 13.2. The summed E-state index contributed by atoms with van der Waals surface area (Å²) in [5.41, 5.74) is 7.80. The van der Waals surface area contributed by atoms with Crippen LogP contribution in [0.2, 0.25) is 0 Å². The maximum Gasteiger partial charge on any atom is 0.129 e. The van der Waals surface area contributed by atoms with E-state index in [1.165, 1.54) is 0 Å². The average Bonchev–Trinajstić information content (AvgIpc) is 2.92. The van der Waals surface area contributed by atoms with Gasteiger partial charge in [-0.1, -0.05) is 0 Å². The smallest absolute Gasteiger partial charge is 0.129 e. The first kappa shape index (κ1) is 11.5. The Morgan fingerprint density at radius 2 is 2.21 bits per heavy atom. The van der Waals surface area contributed by atoms with Crippen LogP contribution in [0.3, 0.4) is 0 Å². The van der Waals surface area contributed by atoms with Gasteiger partial charge in [-0.05, 0) is 24.3 Å². The number of nitrogens with two attached hydrogens (primary N) is 1.